The molecule has 1 aromatic heterocycles. The molecule has 0 aliphatic heterocycles. The highest BCUT2D eigenvalue weighted by atomic mass is 35.5. The van der Waals surface area contributed by atoms with Crippen molar-refractivity contribution >= 4 is 17.5 Å². The van der Waals surface area contributed by atoms with E-state index >= 15 is 0 Å². The summed E-state index contributed by atoms with van der Waals surface area (Å²) in [7, 11) is 0. The van der Waals surface area contributed by atoms with E-state index < -0.39 is 0 Å². The summed E-state index contributed by atoms with van der Waals surface area (Å²) in [6, 6.07) is 3.48. The highest BCUT2D eigenvalue weighted by molar-refractivity contribution is 6.33. The molecule has 0 bridgehead atoms. The van der Waals surface area contributed by atoms with Crippen molar-refractivity contribution in [2.75, 3.05) is 13.1 Å². The average Bonchev–Trinajstić information content (AvgIpc) is 2.25. The Morgan fingerprint density at radius 3 is 3.00 bits per heavy atom. The van der Waals surface area contributed by atoms with Crippen LogP contribution >= 0.6 is 11.6 Å². The van der Waals surface area contributed by atoms with Gasteiger partial charge in [-0.05, 0) is 13.0 Å². The minimum absolute atomic E-state index is 0.0561. The summed E-state index contributed by atoms with van der Waals surface area (Å²) in [5.41, 5.74) is 0.330. The molecule has 15 heavy (non-hydrogen) atoms. The molecule has 0 fully saturated rings. The number of carbonyl (C=O) groups excluding carboxylic acids is 1. The first kappa shape index (κ1) is 11.5. The van der Waals surface area contributed by atoms with Crippen molar-refractivity contribution in [3.63, 3.8) is 0 Å². The summed E-state index contributed by atoms with van der Waals surface area (Å²) in [6.07, 6.45) is 2.92. The minimum Gasteiger partial charge on any atom is -0.326 e. The van der Waals surface area contributed by atoms with Crippen molar-refractivity contribution in [3.8, 4) is 6.07 Å². The van der Waals surface area contributed by atoms with Crippen LogP contribution in [0.15, 0.2) is 18.5 Å². The average molecular weight is 224 g/mol. The van der Waals surface area contributed by atoms with Crippen LogP contribution in [0.5, 0.6) is 0 Å². The van der Waals surface area contributed by atoms with Crippen LogP contribution in [-0.2, 0) is 0 Å². The number of hydrogen-bond acceptors (Lipinski definition) is 3. The first-order chi connectivity index (χ1) is 7.20. The lowest BCUT2D eigenvalue weighted by Gasteiger charge is -2.17. The van der Waals surface area contributed by atoms with E-state index in [9.17, 15) is 4.79 Å². The van der Waals surface area contributed by atoms with Crippen molar-refractivity contribution in [1.82, 2.24) is 9.88 Å². The lowest BCUT2D eigenvalue weighted by Crippen LogP contribution is -2.31. The molecule has 5 heteroatoms. The molecule has 78 valence electrons. The topological polar surface area (TPSA) is 57.0 Å². The van der Waals surface area contributed by atoms with Crippen molar-refractivity contribution in [1.29, 1.82) is 5.26 Å². The normalized spacial score (nSPS) is 9.40. The van der Waals surface area contributed by atoms with Gasteiger partial charge in [-0.15, -0.1) is 0 Å². The summed E-state index contributed by atoms with van der Waals surface area (Å²) in [5.74, 6) is -0.267. The molecule has 0 spiro atoms. The molecule has 0 saturated heterocycles. The Kier molecular flexibility index (Phi) is 4.07. The van der Waals surface area contributed by atoms with Crippen LogP contribution < -0.4 is 0 Å². The number of nitrogens with zero attached hydrogens (tertiary/aromatic N) is 3. The number of aromatic nitrogens is 1. The summed E-state index contributed by atoms with van der Waals surface area (Å²) in [4.78, 5) is 17.1. The molecular weight excluding hydrogens is 214 g/mol. The van der Waals surface area contributed by atoms with Crippen molar-refractivity contribution in [3.05, 3.63) is 29.0 Å². The lowest BCUT2D eigenvalue weighted by molar-refractivity contribution is 0.0784. The van der Waals surface area contributed by atoms with E-state index in [1.54, 1.807) is 13.0 Å². The van der Waals surface area contributed by atoms with E-state index in [4.69, 9.17) is 16.9 Å². The van der Waals surface area contributed by atoms with E-state index in [2.05, 4.69) is 4.98 Å². The number of carbonyl (C=O) groups is 1. The van der Waals surface area contributed by atoms with Crippen molar-refractivity contribution < 1.29 is 4.79 Å². The minimum atomic E-state index is -0.267. The maximum absolute atomic E-state index is 11.8. The van der Waals surface area contributed by atoms with Gasteiger partial charge in [-0.25, -0.2) is 0 Å². The Morgan fingerprint density at radius 2 is 2.47 bits per heavy atom. The number of hydrogen-bond donors (Lipinski definition) is 0. The first-order valence-corrected chi connectivity index (χ1v) is 4.84. The van der Waals surface area contributed by atoms with Gasteiger partial charge in [-0.2, -0.15) is 5.26 Å². The Morgan fingerprint density at radius 1 is 1.73 bits per heavy atom. The zero-order valence-electron chi connectivity index (χ0n) is 8.27. The van der Waals surface area contributed by atoms with Gasteiger partial charge in [0.15, 0.2) is 0 Å². The number of pyridine rings is 1. The van der Waals surface area contributed by atoms with Crippen LogP contribution in [0.2, 0.25) is 5.02 Å². The molecule has 0 aliphatic carbocycles. The predicted molar refractivity (Wildman–Crippen MR) is 56.4 cm³/mol. The maximum atomic E-state index is 11.8. The van der Waals surface area contributed by atoms with E-state index in [0.717, 1.165) is 0 Å². The summed E-state index contributed by atoms with van der Waals surface area (Å²) in [6.45, 7) is 2.33. The Balaban J connectivity index is 2.94. The molecule has 0 unspecified atom stereocenters. The summed E-state index contributed by atoms with van der Waals surface area (Å²) >= 11 is 5.85. The molecule has 4 nitrogen and oxygen atoms in total. The third-order valence-corrected chi connectivity index (χ3v) is 2.26. The molecule has 1 heterocycles. The van der Waals surface area contributed by atoms with E-state index in [1.165, 1.54) is 17.3 Å². The Labute approximate surface area is 93.1 Å². The van der Waals surface area contributed by atoms with Gasteiger partial charge in [0.1, 0.15) is 6.54 Å². The smallest absolute Gasteiger partial charge is 0.257 e. The summed E-state index contributed by atoms with van der Waals surface area (Å²) in [5, 5.41) is 8.89. The van der Waals surface area contributed by atoms with E-state index in [0.29, 0.717) is 17.1 Å². The Bertz CT molecular complexity index is 400. The van der Waals surface area contributed by atoms with Gasteiger partial charge in [0.25, 0.3) is 5.91 Å². The molecule has 0 aromatic carbocycles. The van der Waals surface area contributed by atoms with Crippen LogP contribution in [0, 0.1) is 11.3 Å². The number of nitriles is 1. The fraction of sp³-hybridized carbons (Fsp3) is 0.300. The second-order valence-electron chi connectivity index (χ2n) is 2.83. The molecule has 1 rings (SSSR count). The van der Waals surface area contributed by atoms with Gasteiger partial charge in [0, 0.05) is 18.9 Å². The van der Waals surface area contributed by atoms with Gasteiger partial charge in [-0.1, -0.05) is 11.6 Å². The maximum Gasteiger partial charge on any atom is 0.257 e. The van der Waals surface area contributed by atoms with E-state index in [1.807, 2.05) is 6.07 Å². The highest BCUT2D eigenvalue weighted by Gasteiger charge is 2.16. The highest BCUT2D eigenvalue weighted by Crippen LogP contribution is 2.15. The fourth-order valence-electron chi connectivity index (χ4n) is 1.12. The first-order valence-electron chi connectivity index (χ1n) is 4.46. The van der Waals surface area contributed by atoms with Crippen molar-refractivity contribution in [2.45, 2.75) is 6.92 Å². The third kappa shape index (κ3) is 2.67. The third-order valence-electron chi connectivity index (χ3n) is 1.93. The molecule has 0 atom stereocenters. The predicted octanol–water partition coefficient (Wildman–Crippen LogP) is 1.72. The molecule has 0 N–H and O–H groups in total. The van der Waals surface area contributed by atoms with Crippen LogP contribution in [-0.4, -0.2) is 28.9 Å². The van der Waals surface area contributed by atoms with Crippen LogP contribution in [0.1, 0.15) is 17.3 Å². The lowest BCUT2D eigenvalue weighted by atomic mass is 10.2. The SMILES string of the molecule is CCN(CC#N)C(=O)c1cnccc1Cl. The number of rotatable bonds is 3. The Hall–Kier alpha value is -1.60. The molecular formula is C10H10ClN3O. The van der Waals surface area contributed by atoms with Crippen molar-refractivity contribution in [2.24, 2.45) is 0 Å². The van der Waals surface area contributed by atoms with Gasteiger partial charge in [0.05, 0.1) is 16.7 Å². The number of amides is 1. The van der Waals surface area contributed by atoms with Crippen LogP contribution in [0.3, 0.4) is 0 Å². The quantitative estimate of drug-likeness (QED) is 0.734. The second kappa shape index (κ2) is 5.32. The molecule has 0 aliphatic rings. The molecule has 1 amide bonds. The van der Waals surface area contributed by atoms with Crippen LogP contribution in [0.25, 0.3) is 0 Å². The standard InChI is InChI=1S/C10H10ClN3O/c1-2-14(6-4-12)10(15)8-7-13-5-3-9(8)11/h3,5,7H,2,6H2,1H3. The van der Waals surface area contributed by atoms with Gasteiger partial charge < -0.3 is 4.90 Å². The van der Waals surface area contributed by atoms with Gasteiger partial charge in [-0.3, -0.25) is 9.78 Å². The monoisotopic (exact) mass is 223 g/mol. The summed E-state index contributed by atoms with van der Waals surface area (Å²) < 4.78 is 0. The number of halogens is 1. The van der Waals surface area contributed by atoms with Crippen LogP contribution in [0.4, 0.5) is 0 Å². The fourth-order valence-corrected chi connectivity index (χ4v) is 1.30. The second-order valence-corrected chi connectivity index (χ2v) is 3.24. The largest absolute Gasteiger partial charge is 0.326 e. The zero-order chi connectivity index (χ0) is 11.3. The van der Waals surface area contributed by atoms with Gasteiger partial charge in [0.2, 0.25) is 0 Å². The zero-order valence-corrected chi connectivity index (χ0v) is 9.03. The van der Waals surface area contributed by atoms with Gasteiger partial charge >= 0.3 is 0 Å². The molecule has 0 radical (unpaired) electrons. The molecule has 0 saturated carbocycles. The molecule has 1 aromatic rings. The van der Waals surface area contributed by atoms with E-state index in [-0.39, 0.29) is 12.5 Å².